The van der Waals surface area contributed by atoms with Gasteiger partial charge in [-0.25, -0.2) is 4.98 Å². The Kier molecular flexibility index (Phi) is 5.32. The highest BCUT2D eigenvalue weighted by Crippen LogP contribution is 2.24. The Morgan fingerprint density at radius 2 is 2.08 bits per heavy atom. The molecule has 3 rings (SSSR count). The van der Waals surface area contributed by atoms with Crippen LogP contribution in [0.15, 0.2) is 53.0 Å². The lowest BCUT2D eigenvalue weighted by atomic mass is 10.1. The fraction of sp³-hybridized carbons (Fsp3) is 0.235. The smallest absolute Gasteiger partial charge is 0.233 e. The van der Waals surface area contributed by atoms with Gasteiger partial charge in [0.15, 0.2) is 5.82 Å². The number of benzene rings is 1. The molecule has 0 spiro atoms. The molecule has 1 atom stereocenters. The van der Waals surface area contributed by atoms with Gasteiger partial charge in [-0.3, -0.25) is 9.89 Å². The van der Waals surface area contributed by atoms with Crippen molar-refractivity contribution in [1.82, 2.24) is 20.1 Å². The summed E-state index contributed by atoms with van der Waals surface area (Å²) >= 11 is 2.95. The first-order chi connectivity index (χ1) is 11.6. The average Bonchev–Trinajstić information content (AvgIpc) is 3.30. The average molecular weight is 358 g/mol. The highest BCUT2D eigenvalue weighted by molar-refractivity contribution is 7.99. The minimum absolute atomic E-state index is 0.0353. The van der Waals surface area contributed by atoms with E-state index in [1.165, 1.54) is 11.8 Å². The molecular formula is C17H18N4OS2. The first kappa shape index (κ1) is 16.7. The lowest BCUT2D eigenvalue weighted by molar-refractivity contribution is -0.128. The van der Waals surface area contributed by atoms with Crippen molar-refractivity contribution in [1.29, 1.82) is 0 Å². The van der Waals surface area contributed by atoms with E-state index in [0.717, 1.165) is 16.3 Å². The predicted octanol–water partition coefficient (Wildman–Crippen LogP) is 3.84. The second-order valence-electron chi connectivity index (χ2n) is 5.32. The summed E-state index contributed by atoms with van der Waals surface area (Å²) in [5, 5.41) is 9.67. The summed E-state index contributed by atoms with van der Waals surface area (Å²) in [5.41, 5.74) is 1.12. The van der Waals surface area contributed by atoms with Gasteiger partial charge in [-0.2, -0.15) is 0 Å². The van der Waals surface area contributed by atoms with E-state index in [9.17, 15) is 4.79 Å². The zero-order chi connectivity index (χ0) is 16.9. The molecule has 1 aromatic carbocycles. The Balaban J connectivity index is 1.57. The highest BCUT2D eigenvalue weighted by atomic mass is 32.2. The van der Waals surface area contributed by atoms with Crippen LogP contribution < -0.4 is 0 Å². The number of thioether (sulfide) groups is 1. The predicted molar refractivity (Wildman–Crippen MR) is 98.0 cm³/mol. The van der Waals surface area contributed by atoms with Crippen molar-refractivity contribution in [3.05, 3.63) is 53.4 Å². The SMILES string of the molecule is CC(c1ccccc1)N(C)C(=O)CSc1n[nH]c(-c2cccs2)n1. The summed E-state index contributed by atoms with van der Waals surface area (Å²) in [6.07, 6.45) is 0. The molecule has 124 valence electrons. The van der Waals surface area contributed by atoms with Gasteiger partial charge in [0.1, 0.15) is 0 Å². The zero-order valence-electron chi connectivity index (χ0n) is 13.5. The lowest BCUT2D eigenvalue weighted by Crippen LogP contribution is -2.31. The van der Waals surface area contributed by atoms with Gasteiger partial charge in [-0.1, -0.05) is 48.2 Å². The van der Waals surface area contributed by atoms with Crippen molar-refractivity contribution in [2.45, 2.75) is 18.1 Å². The number of nitrogens with zero attached hydrogens (tertiary/aromatic N) is 3. The van der Waals surface area contributed by atoms with Crippen molar-refractivity contribution < 1.29 is 4.79 Å². The number of aromatic nitrogens is 3. The number of hydrogen-bond donors (Lipinski definition) is 1. The monoisotopic (exact) mass is 358 g/mol. The van der Waals surface area contributed by atoms with E-state index >= 15 is 0 Å². The standard InChI is InChI=1S/C17H18N4OS2/c1-12(13-7-4-3-5-8-13)21(2)15(22)11-24-17-18-16(19-20-17)14-9-6-10-23-14/h3-10,12H,11H2,1-2H3,(H,18,19,20). The molecule has 7 heteroatoms. The molecule has 0 aliphatic carbocycles. The van der Waals surface area contributed by atoms with Gasteiger partial charge in [0.2, 0.25) is 11.1 Å². The van der Waals surface area contributed by atoms with Gasteiger partial charge >= 0.3 is 0 Å². The third kappa shape index (κ3) is 3.85. The molecule has 1 N–H and O–H groups in total. The van der Waals surface area contributed by atoms with Gasteiger partial charge in [0.25, 0.3) is 0 Å². The normalized spacial score (nSPS) is 12.1. The third-order valence-corrected chi connectivity index (χ3v) is 5.51. The topological polar surface area (TPSA) is 61.9 Å². The van der Waals surface area contributed by atoms with Gasteiger partial charge < -0.3 is 4.90 Å². The first-order valence-electron chi connectivity index (χ1n) is 7.55. The largest absolute Gasteiger partial charge is 0.338 e. The van der Waals surface area contributed by atoms with Gasteiger partial charge in [0, 0.05) is 7.05 Å². The van der Waals surface area contributed by atoms with Crippen LogP contribution in [0.1, 0.15) is 18.5 Å². The number of aromatic amines is 1. The number of hydrogen-bond acceptors (Lipinski definition) is 5. The number of carbonyl (C=O) groups excluding carboxylic acids is 1. The Bertz CT molecular complexity index is 786. The number of rotatable bonds is 6. The Morgan fingerprint density at radius 3 is 2.79 bits per heavy atom. The van der Waals surface area contributed by atoms with Crippen LogP contribution in [0.4, 0.5) is 0 Å². The van der Waals surface area contributed by atoms with Crippen LogP contribution in [-0.4, -0.2) is 38.8 Å². The van der Waals surface area contributed by atoms with E-state index in [0.29, 0.717) is 10.9 Å². The van der Waals surface area contributed by atoms with Gasteiger partial charge in [-0.15, -0.1) is 16.4 Å². The van der Waals surface area contributed by atoms with Crippen LogP contribution in [0, 0.1) is 0 Å². The number of H-pyrrole nitrogens is 1. The van der Waals surface area contributed by atoms with E-state index < -0.39 is 0 Å². The van der Waals surface area contributed by atoms with Crippen LogP contribution in [0.2, 0.25) is 0 Å². The summed E-state index contributed by atoms with van der Waals surface area (Å²) in [5.74, 6) is 1.11. The van der Waals surface area contributed by atoms with Crippen molar-refractivity contribution in [3.8, 4) is 10.7 Å². The van der Waals surface area contributed by atoms with Crippen LogP contribution in [0.3, 0.4) is 0 Å². The molecule has 3 aromatic rings. The van der Waals surface area contributed by atoms with Crippen molar-refractivity contribution >= 4 is 29.0 Å². The van der Waals surface area contributed by atoms with Crippen molar-refractivity contribution in [3.63, 3.8) is 0 Å². The van der Waals surface area contributed by atoms with E-state index in [1.54, 1.807) is 16.2 Å². The maximum Gasteiger partial charge on any atom is 0.233 e. The maximum absolute atomic E-state index is 12.4. The number of carbonyl (C=O) groups is 1. The molecule has 24 heavy (non-hydrogen) atoms. The number of nitrogens with one attached hydrogen (secondary N) is 1. The van der Waals surface area contributed by atoms with E-state index in [4.69, 9.17) is 0 Å². The lowest BCUT2D eigenvalue weighted by Gasteiger charge is -2.25. The number of thiophene rings is 1. The summed E-state index contributed by atoms with van der Waals surface area (Å²) < 4.78 is 0. The van der Waals surface area contributed by atoms with Gasteiger partial charge in [-0.05, 0) is 23.9 Å². The zero-order valence-corrected chi connectivity index (χ0v) is 15.1. The molecule has 2 aromatic heterocycles. The Hall–Kier alpha value is -2.12. The molecule has 0 aliphatic rings. The molecule has 0 saturated carbocycles. The maximum atomic E-state index is 12.4. The fourth-order valence-corrected chi connectivity index (χ4v) is 3.62. The third-order valence-electron chi connectivity index (χ3n) is 3.80. The summed E-state index contributed by atoms with van der Waals surface area (Å²) in [6, 6.07) is 14.0. The van der Waals surface area contributed by atoms with Crippen LogP contribution >= 0.6 is 23.1 Å². The molecule has 0 fully saturated rings. The van der Waals surface area contributed by atoms with Crippen LogP contribution in [0.25, 0.3) is 10.7 Å². The van der Waals surface area contributed by atoms with Gasteiger partial charge in [0.05, 0.1) is 16.7 Å². The van der Waals surface area contributed by atoms with Crippen molar-refractivity contribution in [2.75, 3.05) is 12.8 Å². The summed E-state index contributed by atoms with van der Waals surface area (Å²) in [4.78, 5) is 19.6. The molecule has 1 unspecified atom stereocenters. The molecular weight excluding hydrogens is 340 g/mol. The minimum atomic E-state index is 0.0353. The first-order valence-corrected chi connectivity index (χ1v) is 9.41. The van der Waals surface area contributed by atoms with Crippen LogP contribution in [-0.2, 0) is 4.79 Å². The second-order valence-corrected chi connectivity index (χ2v) is 7.21. The molecule has 0 bridgehead atoms. The molecule has 5 nitrogen and oxygen atoms in total. The second kappa shape index (κ2) is 7.63. The molecule has 1 amide bonds. The minimum Gasteiger partial charge on any atom is -0.338 e. The fourth-order valence-electron chi connectivity index (χ4n) is 2.23. The summed E-state index contributed by atoms with van der Waals surface area (Å²) in [7, 11) is 1.83. The van der Waals surface area contributed by atoms with E-state index in [-0.39, 0.29) is 11.9 Å². The Morgan fingerprint density at radius 1 is 1.29 bits per heavy atom. The molecule has 0 aliphatic heterocycles. The highest BCUT2D eigenvalue weighted by Gasteiger charge is 2.18. The quantitative estimate of drug-likeness (QED) is 0.680. The Labute approximate surface area is 149 Å². The summed E-state index contributed by atoms with van der Waals surface area (Å²) in [6.45, 7) is 2.03. The van der Waals surface area contributed by atoms with Crippen molar-refractivity contribution in [2.24, 2.45) is 0 Å². The molecule has 0 radical (unpaired) electrons. The van der Waals surface area contributed by atoms with E-state index in [1.807, 2.05) is 61.8 Å². The molecule has 0 saturated heterocycles. The van der Waals surface area contributed by atoms with E-state index in [2.05, 4.69) is 15.2 Å². The molecule has 2 heterocycles. The number of amides is 1. The van der Waals surface area contributed by atoms with Crippen LogP contribution in [0.5, 0.6) is 0 Å².